The zero-order chi connectivity index (χ0) is 12.1. The van der Waals surface area contributed by atoms with Crippen molar-refractivity contribution in [3.63, 3.8) is 0 Å². The minimum Gasteiger partial charge on any atom is -0.488 e. The van der Waals surface area contributed by atoms with Crippen molar-refractivity contribution >= 4 is 0 Å². The Bertz CT molecular complexity index is 395. The predicted molar refractivity (Wildman–Crippen MR) is 60.7 cm³/mol. The van der Waals surface area contributed by atoms with Crippen LogP contribution in [0, 0.1) is 23.1 Å². The topological polar surface area (TPSA) is 33.0 Å². The molecule has 0 aliphatic rings. The van der Waals surface area contributed by atoms with Gasteiger partial charge >= 0.3 is 0 Å². The van der Waals surface area contributed by atoms with Crippen molar-refractivity contribution in [2.24, 2.45) is 5.92 Å². The van der Waals surface area contributed by atoms with Crippen molar-refractivity contribution in [2.45, 2.75) is 33.3 Å². The first-order chi connectivity index (χ1) is 7.52. The Morgan fingerprint density at radius 1 is 1.38 bits per heavy atom. The van der Waals surface area contributed by atoms with Crippen LogP contribution in [0.5, 0.6) is 5.75 Å². The van der Waals surface area contributed by atoms with Crippen LogP contribution in [-0.4, -0.2) is 6.10 Å². The maximum Gasteiger partial charge on any atom is 0.166 e. The summed E-state index contributed by atoms with van der Waals surface area (Å²) in [5, 5.41) is 8.60. The van der Waals surface area contributed by atoms with Gasteiger partial charge in [0.2, 0.25) is 0 Å². The van der Waals surface area contributed by atoms with E-state index in [2.05, 4.69) is 13.8 Å². The van der Waals surface area contributed by atoms with E-state index in [0.717, 1.165) is 6.42 Å². The van der Waals surface area contributed by atoms with Gasteiger partial charge in [-0.05, 0) is 37.5 Å². The molecule has 3 heteroatoms. The fourth-order valence-electron chi connectivity index (χ4n) is 1.59. The predicted octanol–water partition coefficient (Wildman–Crippen LogP) is 3.51. The van der Waals surface area contributed by atoms with Crippen molar-refractivity contribution < 1.29 is 9.13 Å². The molecule has 0 bridgehead atoms. The van der Waals surface area contributed by atoms with E-state index < -0.39 is 5.82 Å². The normalized spacial score (nSPS) is 12.2. The van der Waals surface area contributed by atoms with Crippen LogP contribution < -0.4 is 4.74 Å². The zero-order valence-electron chi connectivity index (χ0n) is 9.83. The molecule has 0 saturated carbocycles. The first-order valence-electron chi connectivity index (χ1n) is 5.39. The Kier molecular flexibility index (Phi) is 4.30. The maximum atomic E-state index is 13.5. The summed E-state index contributed by atoms with van der Waals surface area (Å²) < 4.78 is 18.9. The smallest absolute Gasteiger partial charge is 0.166 e. The van der Waals surface area contributed by atoms with Gasteiger partial charge in [0.25, 0.3) is 0 Å². The number of ether oxygens (including phenoxy) is 1. The van der Waals surface area contributed by atoms with Crippen molar-refractivity contribution in [1.82, 2.24) is 0 Å². The lowest BCUT2D eigenvalue weighted by molar-refractivity contribution is 0.185. The Balaban J connectivity index is 2.71. The highest BCUT2D eigenvalue weighted by atomic mass is 19.1. The first kappa shape index (κ1) is 12.5. The van der Waals surface area contributed by atoms with Crippen LogP contribution >= 0.6 is 0 Å². The molecule has 86 valence electrons. The molecular formula is C13H16FNO. The summed E-state index contributed by atoms with van der Waals surface area (Å²) >= 11 is 0. The summed E-state index contributed by atoms with van der Waals surface area (Å²) in [6.45, 7) is 6.10. The molecule has 0 spiro atoms. The summed E-state index contributed by atoms with van der Waals surface area (Å²) in [4.78, 5) is 0. The summed E-state index contributed by atoms with van der Waals surface area (Å²) in [5.41, 5.74) is 0.307. The van der Waals surface area contributed by atoms with E-state index in [1.54, 1.807) is 6.07 Å². The molecule has 1 atom stereocenters. The SMILES string of the molecule is CC(C)CC(C)Oc1ccc(C#N)cc1F. The van der Waals surface area contributed by atoms with E-state index in [4.69, 9.17) is 10.00 Å². The second-order valence-electron chi connectivity index (χ2n) is 4.32. The van der Waals surface area contributed by atoms with Gasteiger partial charge in [0.05, 0.1) is 17.7 Å². The minimum absolute atomic E-state index is 0.0255. The van der Waals surface area contributed by atoms with Crippen molar-refractivity contribution in [3.8, 4) is 11.8 Å². The quantitative estimate of drug-likeness (QED) is 0.779. The van der Waals surface area contributed by atoms with Crippen LogP contribution in [0.4, 0.5) is 4.39 Å². The van der Waals surface area contributed by atoms with E-state index in [9.17, 15) is 4.39 Å². The van der Waals surface area contributed by atoms with Gasteiger partial charge in [0, 0.05) is 0 Å². The Morgan fingerprint density at radius 3 is 2.56 bits per heavy atom. The van der Waals surface area contributed by atoms with E-state index in [0.29, 0.717) is 11.5 Å². The van der Waals surface area contributed by atoms with E-state index in [1.165, 1.54) is 12.1 Å². The molecule has 0 amide bonds. The Morgan fingerprint density at radius 2 is 2.06 bits per heavy atom. The van der Waals surface area contributed by atoms with Gasteiger partial charge < -0.3 is 4.74 Å². The second-order valence-corrected chi connectivity index (χ2v) is 4.32. The molecule has 1 rings (SSSR count). The van der Waals surface area contributed by atoms with Gasteiger partial charge in [-0.2, -0.15) is 5.26 Å². The summed E-state index contributed by atoms with van der Waals surface area (Å²) in [6, 6.07) is 6.14. The van der Waals surface area contributed by atoms with E-state index in [-0.39, 0.29) is 11.9 Å². The van der Waals surface area contributed by atoms with Gasteiger partial charge in [-0.1, -0.05) is 13.8 Å². The summed E-state index contributed by atoms with van der Waals surface area (Å²) in [6.07, 6.45) is 0.849. The highest BCUT2D eigenvalue weighted by molar-refractivity contribution is 5.36. The summed E-state index contributed by atoms with van der Waals surface area (Å²) in [7, 11) is 0. The number of halogens is 1. The van der Waals surface area contributed by atoms with Gasteiger partial charge in [-0.25, -0.2) is 4.39 Å². The van der Waals surface area contributed by atoms with Gasteiger partial charge in [0.15, 0.2) is 11.6 Å². The molecule has 2 nitrogen and oxygen atoms in total. The van der Waals surface area contributed by atoms with Gasteiger partial charge in [0.1, 0.15) is 0 Å². The summed E-state index contributed by atoms with van der Waals surface area (Å²) in [5.74, 6) is 0.248. The average Bonchev–Trinajstić information content (AvgIpc) is 2.19. The molecule has 0 fully saturated rings. The van der Waals surface area contributed by atoms with Crippen LogP contribution in [0.2, 0.25) is 0 Å². The Labute approximate surface area is 95.7 Å². The minimum atomic E-state index is -0.477. The van der Waals surface area contributed by atoms with Crippen molar-refractivity contribution in [3.05, 3.63) is 29.6 Å². The molecule has 0 saturated heterocycles. The molecule has 0 aliphatic carbocycles. The maximum absolute atomic E-state index is 13.5. The zero-order valence-corrected chi connectivity index (χ0v) is 9.83. The van der Waals surface area contributed by atoms with Gasteiger partial charge in [-0.3, -0.25) is 0 Å². The monoisotopic (exact) mass is 221 g/mol. The third-order valence-corrected chi connectivity index (χ3v) is 2.19. The molecular weight excluding hydrogens is 205 g/mol. The first-order valence-corrected chi connectivity index (χ1v) is 5.39. The molecule has 0 N–H and O–H groups in total. The Hall–Kier alpha value is -1.56. The standard InChI is InChI=1S/C13H16FNO/c1-9(2)6-10(3)16-13-5-4-11(8-15)7-12(13)14/h4-5,7,9-10H,6H2,1-3H3. The fraction of sp³-hybridized carbons (Fsp3) is 0.462. The lowest BCUT2D eigenvalue weighted by Crippen LogP contribution is -2.15. The number of hydrogen-bond donors (Lipinski definition) is 0. The molecule has 16 heavy (non-hydrogen) atoms. The van der Waals surface area contributed by atoms with Crippen molar-refractivity contribution in [2.75, 3.05) is 0 Å². The van der Waals surface area contributed by atoms with E-state index in [1.807, 2.05) is 13.0 Å². The van der Waals surface area contributed by atoms with Crippen LogP contribution in [-0.2, 0) is 0 Å². The van der Waals surface area contributed by atoms with E-state index >= 15 is 0 Å². The molecule has 1 unspecified atom stereocenters. The van der Waals surface area contributed by atoms with Gasteiger partial charge in [-0.15, -0.1) is 0 Å². The highest BCUT2D eigenvalue weighted by Crippen LogP contribution is 2.21. The number of rotatable bonds is 4. The lowest BCUT2D eigenvalue weighted by Gasteiger charge is -2.16. The molecule has 0 aromatic heterocycles. The largest absolute Gasteiger partial charge is 0.488 e. The second kappa shape index (κ2) is 5.50. The average molecular weight is 221 g/mol. The lowest BCUT2D eigenvalue weighted by atomic mass is 10.1. The number of nitriles is 1. The number of benzene rings is 1. The molecule has 1 aromatic rings. The molecule has 0 heterocycles. The van der Waals surface area contributed by atoms with Crippen LogP contribution in [0.15, 0.2) is 18.2 Å². The third kappa shape index (κ3) is 3.54. The van der Waals surface area contributed by atoms with Crippen LogP contribution in [0.3, 0.4) is 0 Å². The number of hydrogen-bond acceptors (Lipinski definition) is 2. The molecule has 1 aromatic carbocycles. The fourth-order valence-corrected chi connectivity index (χ4v) is 1.59. The van der Waals surface area contributed by atoms with Crippen molar-refractivity contribution in [1.29, 1.82) is 5.26 Å². The third-order valence-electron chi connectivity index (χ3n) is 2.19. The number of nitrogens with zero attached hydrogens (tertiary/aromatic N) is 1. The van der Waals surface area contributed by atoms with Crippen LogP contribution in [0.25, 0.3) is 0 Å². The molecule has 0 aliphatic heterocycles. The van der Waals surface area contributed by atoms with Crippen LogP contribution in [0.1, 0.15) is 32.8 Å². The highest BCUT2D eigenvalue weighted by Gasteiger charge is 2.10. The molecule has 0 radical (unpaired) electrons.